The van der Waals surface area contributed by atoms with Gasteiger partial charge in [-0.15, -0.1) is 11.3 Å². The second-order valence-electron chi connectivity index (χ2n) is 4.77. The van der Waals surface area contributed by atoms with Crippen molar-refractivity contribution in [2.24, 2.45) is 0 Å². The monoisotopic (exact) mass is 209 g/mol. The summed E-state index contributed by atoms with van der Waals surface area (Å²) in [6, 6.07) is 0. The molecule has 1 aromatic rings. The summed E-state index contributed by atoms with van der Waals surface area (Å²) in [5.41, 5.74) is 1.71. The highest BCUT2D eigenvalue weighted by Crippen LogP contribution is 2.42. The molecule has 0 bridgehead atoms. The van der Waals surface area contributed by atoms with E-state index in [1.54, 1.807) is 4.88 Å². The molecule has 1 saturated carbocycles. The Hall–Kier alpha value is -0.370. The van der Waals surface area contributed by atoms with Crippen molar-refractivity contribution in [1.82, 2.24) is 4.98 Å². The number of rotatable bonds is 1. The molecule has 1 nitrogen and oxygen atoms in total. The van der Waals surface area contributed by atoms with Gasteiger partial charge in [0.05, 0.1) is 10.7 Å². The van der Waals surface area contributed by atoms with E-state index in [2.05, 4.69) is 25.8 Å². The van der Waals surface area contributed by atoms with Crippen molar-refractivity contribution in [3.05, 3.63) is 15.6 Å². The van der Waals surface area contributed by atoms with Gasteiger partial charge in [-0.25, -0.2) is 4.98 Å². The van der Waals surface area contributed by atoms with Crippen LogP contribution in [0.1, 0.15) is 54.6 Å². The molecule has 1 aromatic heterocycles. The Morgan fingerprint density at radius 2 is 1.79 bits per heavy atom. The van der Waals surface area contributed by atoms with Crippen molar-refractivity contribution in [1.29, 1.82) is 0 Å². The largest absolute Gasteiger partial charge is 0.247 e. The van der Waals surface area contributed by atoms with E-state index in [1.807, 2.05) is 11.3 Å². The summed E-state index contributed by atoms with van der Waals surface area (Å²) in [4.78, 5) is 6.10. The molecular formula is C12H19NS. The molecule has 14 heavy (non-hydrogen) atoms. The maximum Gasteiger partial charge on any atom is 0.0900 e. The number of hydrogen-bond acceptors (Lipinski definition) is 2. The molecule has 0 aromatic carbocycles. The van der Waals surface area contributed by atoms with Gasteiger partial charge in [-0.3, -0.25) is 0 Å². The number of thiazole rings is 1. The third-order valence-electron chi connectivity index (χ3n) is 3.41. The molecule has 0 saturated heterocycles. The third kappa shape index (κ3) is 1.72. The van der Waals surface area contributed by atoms with Crippen LogP contribution in [-0.4, -0.2) is 4.98 Å². The molecule has 0 atom stereocenters. The van der Waals surface area contributed by atoms with Gasteiger partial charge in [-0.05, 0) is 26.7 Å². The fraction of sp³-hybridized carbons (Fsp3) is 0.750. The minimum Gasteiger partial charge on any atom is -0.247 e. The second-order valence-corrected chi connectivity index (χ2v) is 5.97. The Morgan fingerprint density at radius 3 is 2.29 bits per heavy atom. The third-order valence-corrected chi connectivity index (χ3v) is 4.79. The first kappa shape index (κ1) is 10.2. The second kappa shape index (κ2) is 3.65. The van der Waals surface area contributed by atoms with Crippen LogP contribution in [0.15, 0.2) is 0 Å². The van der Waals surface area contributed by atoms with E-state index in [9.17, 15) is 0 Å². The topological polar surface area (TPSA) is 12.9 Å². The van der Waals surface area contributed by atoms with Gasteiger partial charge in [0.1, 0.15) is 0 Å². The summed E-state index contributed by atoms with van der Waals surface area (Å²) in [7, 11) is 0. The van der Waals surface area contributed by atoms with Crippen LogP contribution in [0, 0.1) is 13.8 Å². The van der Waals surface area contributed by atoms with Gasteiger partial charge in [0, 0.05) is 10.3 Å². The zero-order valence-corrected chi connectivity index (χ0v) is 10.2. The predicted octanol–water partition coefficient (Wildman–Crippen LogP) is 3.98. The molecule has 0 radical (unpaired) electrons. The lowest BCUT2D eigenvalue weighted by molar-refractivity contribution is 0.323. The van der Waals surface area contributed by atoms with E-state index in [0.717, 1.165) is 0 Å². The minimum absolute atomic E-state index is 0.439. The van der Waals surface area contributed by atoms with Crippen molar-refractivity contribution < 1.29 is 0 Å². The average molecular weight is 209 g/mol. The molecule has 1 fully saturated rings. The first-order valence-corrected chi connectivity index (χ1v) is 6.38. The fourth-order valence-corrected chi connectivity index (χ4v) is 3.77. The summed E-state index contributed by atoms with van der Waals surface area (Å²) in [6.45, 7) is 6.71. The zero-order valence-electron chi connectivity index (χ0n) is 9.39. The van der Waals surface area contributed by atoms with E-state index in [-0.39, 0.29) is 0 Å². The highest BCUT2D eigenvalue weighted by molar-refractivity contribution is 7.11. The lowest BCUT2D eigenvalue weighted by Gasteiger charge is -2.32. The van der Waals surface area contributed by atoms with Crippen molar-refractivity contribution >= 4 is 11.3 Å². The van der Waals surface area contributed by atoms with Crippen LogP contribution in [0.2, 0.25) is 0 Å². The first-order chi connectivity index (χ1) is 6.62. The lowest BCUT2D eigenvalue weighted by atomic mass is 9.74. The summed E-state index contributed by atoms with van der Waals surface area (Å²) < 4.78 is 0. The Balaban J connectivity index is 2.32. The number of hydrogen-bond donors (Lipinski definition) is 0. The van der Waals surface area contributed by atoms with Gasteiger partial charge in [0.25, 0.3) is 0 Å². The summed E-state index contributed by atoms with van der Waals surface area (Å²) >= 11 is 1.91. The van der Waals surface area contributed by atoms with Crippen LogP contribution in [0.4, 0.5) is 0 Å². The molecular weight excluding hydrogens is 190 g/mol. The highest BCUT2D eigenvalue weighted by Gasteiger charge is 2.32. The van der Waals surface area contributed by atoms with Gasteiger partial charge in [-0.2, -0.15) is 0 Å². The Bertz CT molecular complexity index is 321. The number of aryl methyl sites for hydroxylation is 2. The molecule has 1 heterocycles. The summed E-state index contributed by atoms with van der Waals surface area (Å²) in [5, 5.41) is 1.23. The average Bonchev–Trinajstić information content (AvgIpc) is 2.47. The van der Waals surface area contributed by atoms with Crippen LogP contribution in [0.5, 0.6) is 0 Å². The Kier molecular flexibility index (Phi) is 2.65. The fourth-order valence-electron chi connectivity index (χ4n) is 2.65. The van der Waals surface area contributed by atoms with Gasteiger partial charge in [0.2, 0.25) is 0 Å². The molecule has 1 aliphatic carbocycles. The smallest absolute Gasteiger partial charge is 0.0900 e. The zero-order chi connectivity index (χ0) is 10.2. The van der Waals surface area contributed by atoms with E-state index in [1.165, 1.54) is 42.8 Å². The van der Waals surface area contributed by atoms with Crippen molar-refractivity contribution in [3.63, 3.8) is 0 Å². The molecule has 1 aliphatic rings. The summed E-state index contributed by atoms with van der Waals surface area (Å²) in [6.07, 6.45) is 6.93. The standard InChI is InChI=1S/C12H19NS/c1-9-11(14-10(2)13-9)12(3)7-5-4-6-8-12/h4-8H2,1-3H3. The SMILES string of the molecule is Cc1nc(C)c(C2(C)CCCCC2)s1. The highest BCUT2D eigenvalue weighted by atomic mass is 32.1. The maximum absolute atomic E-state index is 4.55. The predicted molar refractivity (Wildman–Crippen MR) is 62.0 cm³/mol. The van der Waals surface area contributed by atoms with E-state index in [0.29, 0.717) is 5.41 Å². The van der Waals surface area contributed by atoms with Gasteiger partial charge < -0.3 is 0 Å². The van der Waals surface area contributed by atoms with E-state index >= 15 is 0 Å². The Labute approximate surface area is 90.6 Å². The normalized spacial score (nSPS) is 21.1. The molecule has 0 N–H and O–H groups in total. The molecule has 2 rings (SSSR count). The Morgan fingerprint density at radius 1 is 1.14 bits per heavy atom. The van der Waals surface area contributed by atoms with E-state index < -0.39 is 0 Å². The lowest BCUT2D eigenvalue weighted by Crippen LogP contribution is -2.24. The molecule has 0 spiro atoms. The van der Waals surface area contributed by atoms with Crippen molar-refractivity contribution in [2.45, 2.75) is 58.3 Å². The maximum atomic E-state index is 4.55. The first-order valence-electron chi connectivity index (χ1n) is 5.56. The van der Waals surface area contributed by atoms with Gasteiger partial charge in [0.15, 0.2) is 0 Å². The van der Waals surface area contributed by atoms with E-state index in [4.69, 9.17) is 0 Å². The van der Waals surface area contributed by atoms with Crippen LogP contribution in [0.25, 0.3) is 0 Å². The molecule has 0 amide bonds. The van der Waals surface area contributed by atoms with Crippen LogP contribution < -0.4 is 0 Å². The molecule has 78 valence electrons. The van der Waals surface area contributed by atoms with Crippen LogP contribution in [-0.2, 0) is 5.41 Å². The van der Waals surface area contributed by atoms with Gasteiger partial charge in [-0.1, -0.05) is 26.2 Å². The van der Waals surface area contributed by atoms with Crippen molar-refractivity contribution in [2.75, 3.05) is 0 Å². The van der Waals surface area contributed by atoms with Crippen molar-refractivity contribution in [3.8, 4) is 0 Å². The van der Waals surface area contributed by atoms with Crippen LogP contribution in [0.3, 0.4) is 0 Å². The van der Waals surface area contributed by atoms with Gasteiger partial charge >= 0.3 is 0 Å². The molecule has 0 unspecified atom stereocenters. The van der Waals surface area contributed by atoms with Crippen LogP contribution >= 0.6 is 11.3 Å². The molecule has 2 heteroatoms. The summed E-state index contributed by atoms with van der Waals surface area (Å²) in [5.74, 6) is 0. The number of nitrogens with zero attached hydrogens (tertiary/aromatic N) is 1. The molecule has 0 aliphatic heterocycles. The number of aromatic nitrogens is 1. The minimum atomic E-state index is 0.439. The quantitative estimate of drug-likeness (QED) is 0.681.